The summed E-state index contributed by atoms with van der Waals surface area (Å²) in [6.07, 6.45) is 4.57. The Morgan fingerprint density at radius 2 is 1.90 bits per heavy atom. The van der Waals surface area contributed by atoms with Crippen molar-refractivity contribution in [2.24, 2.45) is 5.92 Å². The molecular weight excluding hydrogens is 270 g/mol. The summed E-state index contributed by atoms with van der Waals surface area (Å²) in [5.41, 5.74) is 2.60. The van der Waals surface area contributed by atoms with Gasteiger partial charge in [0.1, 0.15) is 0 Å². The van der Waals surface area contributed by atoms with Crippen molar-refractivity contribution < 1.29 is 0 Å². The van der Waals surface area contributed by atoms with Gasteiger partial charge < -0.3 is 5.32 Å². The molecule has 0 radical (unpaired) electrons. The van der Waals surface area contributed by atoms with E-state index < -0.39 is 0 Å². The second kappa shape index (κ2) is 7.46. The van der Waals surface area contributed by atoms with Crippen LogP contribution in [0.3, 0.4) is 0 Å². The lowest BCUT2D eigenvalue weighted by Crippen LogP contribution is -2.22. The van der Waals surface area contributed by atoms with Crippen LogP contribution in [-0.2, 0) is 13.0 Å². The van der Waals surface area contributed by atoms with Crippen molar-refractivity contribution in [3.8, 4) is 0 Å². The first-order chi connectivity index (χ1) is 9.63. The molecule has 0 atom stereocenters. The number of rotatable bonds is 7. The second-order valence-corrected chi connectivity index (χ2v) is 5.96. The predicted molar refractivity (Wildman–Crippen MR) is 84.2 cm³/mol. The first-order valence-electron chi connectivity index (χ1n) is 7.10. The third-order valence-electron chi connectivity index (χ3n) is 3.11. The van der Waals surface area contributed by atoms with Gasteiger partial charge in [-0.3, -0.25) is 4.68 Å². The molecule has 0 aliphatic heterocycles. The highest BCUT2D eigenvalue weighted by molar-refractivity contribution is 6.30. The molecule has 2 aromatic rings. The van der Waals surface area contributed by atoms with Crippen LogP contribution in [0.2, 0.25) is 5.02 Å². The Morgan fingerprint density at radius 3 is 2.50 bits per heavy atom. The summed E-state index contributed by atoms with van der Waals surface area (Å²) in [5, 5.41) is 8.33. The largest absolute Gasteiger partial charge is 0.316 e. The van der Waals surface area contributed by atoms with Crippen molar-refractivity contribution in [3.63, 3.8) is 0 Å². The van der Waals surface area contributed by atoms with Gasteiger partial charge in [0.05, 0.1) is 17.8 Å². The Kier molecular flexibility index (Phi) is 5.62. The van der Waals surface area contributed by atoms with Gasteiger partial charge in [-0.15, -0.1) is 0 Å². The SMILES string of the molecule is CC(C)CNCCc1ccc(Cn2cc(Cl)cn2)cc1. The van der Waals surface area contributed by atoms with E-state index in [4.69, 9.17) is 11.6 Å². The minimum atomic E-state index is 0.679. The molecule has 20 heavy (non-hydrogen) atoms. The first kappa shape index (κ1) is 15.1. The fourth-order valence-electron chi connectivity index (χ4n) is 2.05. The minimum Gasteiger partial charge on any atom is -0.316 e. The monoisotopic (exact) mass is 291 g/mol. The van der Waals surface area contributed by atoms with E-state index in [0.29, 0.717) is 10.9 Å². The zero-order chi connectivity index (χ0) is 14.4. The van der Waals surface area contributed by atoms with Gasteiger partial charge in [-0.25, -0.2) is 0 Å². The van der Waals surface area contributed by atoms with Gasteiger partial charge in [-0.05, 0) is 36.6 Å². The number of benzene rings is 1. The highest BCUT2D eigenvalue weighted by atomic mass is 35.5. The average Bonchev–Trinajstić information content (AvgIpc) is 2.82. The van der Waals surface area contributed by atoms with E-state index >= 15 is 0 Å². The molecule has 1 aromatic heterocycles. The van der Waals surface area contributed by atoms with Crippen LogP contribution < -0.4 is 5.32 Å². The summed E-state index contributed by atoms with van der Waals surface area (Å²) >= 11 is 5.85. The molecule has 1 heterocycles. The zero-order valence-electron chi connectivity index (χ0n) is 12.1. The number of halogens is 1. The summed E-state index contributed by atoms with van der Waals surface area (Å²) < 4.78 is 1.85. The summed E-state index contributed by atoms with van der Waals surface area (Å²) in [5.74, 6) is 0.707. The lowest BCUT2D eigenvalue weighted by molar-refractivity contribution is 0.554. The molecule has 1 N–H and O–H groups in total. The molecule has 0 spiro atoms. The average molecular weight is 292 g/mol. The van der Waals surface area contributed by atoms with Gasteiger partial charge in [0.2, 0.25) is 0 Å². The van der Waals surface area contributed by atoms with Crippen molar-refractivity contribution in [1.29, 1.82) is 0 Å². The van der Waals surface area contributed by atoms with Gasteiger partial charge in [-0.1, -0.05) is 49.7 Å². The Bertz CT molecular complexity index is 517. The molecule has 0 saturated carbocycles. The van der Waals surface area contributed by atoms with Crippen LogP contribution in [0.15, 0.2) is 36.7 Å². The maximum atomic E-state index is 5.85. The molecule has 4 heteroatoms. The van der Waals surface area contributed by atoms with Crippen LogP contribution in [0.25, 0.3) is 0 Å². The first-order valence-corrected chi connectivity index (χ1v) is 7.48. The van der Waals surface area contributed by atoms with E-state index in [2.05, 4.69) is 48.5 Å². The molecular formula is C16H22ClN3. The van der Waals surface area contributed by atoms with Gasteiger partial charge in [0, 0.05) is 6.20 Å². The number of nitrogens with one attached hydrogen (secondary N) is 1. The molecule has 0 aliphatic carbocycles. The standard InChI is InChI=1S/C16H22ClN3/c1-13(2)9-18-8-7-14-3-5-15(6-4-14)11-20-12-16(17)10-19-20/h3-6,10,12-13,18H,7-9,11H2,1-2H3. The van der Waals surface area contributed by atoms with Crippen LogP contribution in [0.4, 0.5) is 0 Å². The van der Waals surface area contributed by atoms with Crippen molar-refractivity contribution in [3.05, 3.63) is 52.8 Å². The van der Waals surface area contributed by atoms with E-state index in [1.54, 1.807) is 6.20 Å². The quantitative estimate of drug-likeness (QED) is 0.793. The predicted octanol–water partition coefficient (Wildman–Crippen LogP) is 3.37. The van der Waals surface area contributed by atoms with E-state index in [0.717, 1.165) is 26.1 Å². The van der Waals surface area contributed by atoms with Gasteiger partial charge in [-0.2, -0.15) is 5.10 Å². The van der Waals surface area contributed by atoms with Crippen molar-refractivity contribution in [1.82, 2.24) is 15.1 Å². The molecule has 0 fully saturated rings. The topological polar surface area (TPSA) is 29.9 Å². The summed E-state index contributed by atoms with van der Waals surface area (Å²) in [7, 11) is 0. The maximum Gasteiger partial charge on any atom is 0.0785 e. The van der Waals surface area contributed by atoms with Crippen molar-refractivity contribution in [2.75, 3.05) is 13.1 Å². The molecule has 0 amide bonds. The van der Waals surface area contributed by atoms with Crippen LogP contribution in [-0.4, -0.2) is 22.9 Å². The van der Waals surface area contributed by atoms with Gasteiger partial charge in [0.15, 0.2) is 0 Å². The van der Waals surface area contributed by atoms with Crippen LogP contribution in [0, 0.1) is 5.92 Å². The number of hydrogen-bond donors (Lipinski definition) is 1. The summed E-state index contributed by atoms with van der Waals surface area (Å²) in [6.45, 7) is 7.33. The number of aromatic nitrogens is 2. The molecule has 0 bridgehead atoms. The van der Waals surface area contributed by atoms with Crippen molar-refractivity contribution >= 4 is 11.6 Å². The molecule has 2 rings (SSSR count). The maximum absolute atomic E-state index is 5.85. The fourth-order valence-corrected chi connectivity index (χ4v) is 2.20. The van der Waals surface area contributed by atoms with E-state index in [9.17, 15) is 0 Å². The molecule has 0 aliphatic rings. The van der Waals surface area contributed by atoms with Crippen LogP contribution in [0.1, 0.15) is 25.0 Å². The van der Waals surface area contributed by atoms with E-state index in [1.807, 2.05) is 10.9 Å². The Balaban J connectivity index is 1.80. The Morgan fingerprint density at radius 1 is 1.20 bits per heavy atom. The summed E-state index contributed by atoms with van der Waals surface area (Å²) in [6, 6.07) is 8.70. The van der Waals surface area contributed by atoms with Crippen LogP contribution in [0.5, 0.6) is 0 Å². The lowest BCUT2D eigenvalue weighted by Gasteiger charge is -2.08. The molecule has 108 valence electrons. The van der Waals surface area contributed by atoms with E-state index in [1.165, 1.54) is 11.1 Å². The van der Waals surface area contributed by atoms with Crippen molar-refractivity contribution in [2.45, 2.75) is 26.8 Å². The third kappa shape index (κ3) is 4.99. The number of nitrogens with zero attached hydrogens (tertiary/aromatic N) is 2. The zero-order valence-corrected chi connectivity index (χ0v) is 12.9. The fraction of sp³-hybridized carbons (Fsp3) is 0.438. The summed E-state index contributed by atoms with van der Waals surface area (Å²) in [4.78, 5) is 0. The molecule has 3 nitrogen and oxygen atoms in total. The normalized spacial score (nSPS) is 11.2. The van der Waals surface area contributed by atoms with Gasteiger partial charge >= 0.3 is 0 Å². The smallest absolute Gasteiger partial charge is 0.0785 e. The third-order valence-corrected chi connectivity index (χ3v) is 3.31. The minimum absolute atomic E-state index is 0.679. The van der Waals surface area contributed by atoms with Crippen LogP contribution >= 0.6 is 11.6 Å². The van der Waals surface area contributed by atoms with Gasteiger partial charge in [0.25, 0.3) is 0 Å². The highest BCUT2D eigenvalue weighted by Crippen LogP contribution is 2.09. The molecule has 1 aromatic carbocycles. The molecule has 0 saturated heterocycles. The second-order valence-electron chi connectivity index (χ2n) is 5.52. The lowest BCUT2D eigenvalue weighted by atomic mass is 10.1. The Hall–Kier alpha value is -1.32. The Labute approximate surface area is 126 Å². The number of hydrogen-bond acceptors (Lipinski definition) is 2. The highest BCUT2D eigenvalue weighted by Gasteiger charge is 1.99. The molecule has 0 unspecified atom stereocenters. The van der Waals surface area contributed by atoms with E-state index in [-0.39, 0.29) is 0 Å².